The Hall–Kier alpha value is -3.21. The summed E-state index contributed by atoms with van der Waals surface area (Å²) in [6.07, 6.45) is -4.68. The minimum Gasteiger partial charge on any atom is -0.363 e. The predicted molar refractivity (Wildman–Crippen MR) is 106 cm³/mol. The van der Waals surface area contributed by atoms with E-state index in [1.807, 2.05) is 4.90 Å². The minimum atomic E-state index is -4.68. The Labute approximate surface area is 175 Å². The van der Waals surface area contributed by atoms with Crippen molar-refractivity contribution in [1.29, 1.82) is 0 Å². The number of carbonyl (C=O) groups is 1. The first kappa shape index (κ1) is 22.5. The molecule has 166 valence electrons. The van der Waals surface area contributed by atoms with Crippen LogP contribution in [0.5, 0.6) is 0 Å². The molecule has 0 radical (unpaired) electrons. The lowest BCUT2D eigenvalue weighted by Crippen LogP contribution is -2.53. The van der Waals surface area contributed by atoms with E-state index in [0.29, 0.717) is 19.2 Å². The summed E-state index contributed by atoms with van der Waals surface area (Å²) in [5, 5.41) is 13.9. The first-order valence-electron chi connectivity index (χ1n) is 9.48. The van der Waals surface area contributed by atoms with Crippen LogP contribution >= 0.6 is 0 Å². The van der Waals surface area contributed by atoms with Gasteiger partial charge in [0.05, 0.1) is 22.2 Å². The van der Waals surface area contributed by atoms with Crippen molar-refractivity contribution in [2.45, 2.75) is 19.1 Å². The number of halogens is 4. The van der Waals surface area contributed by atoms with Crippen molar-refractivity contribution in [3.63, 3.8) is 0 Å². The van der Waals surface area contributed by atoms with Crippen LogP contribution < -0.4 is 10.2 Å². The molecule has 1 unspecified atom stereocenters. The highest BCUT2D eigenvalue weighted by Crippen LogP contribution is 2.36. The molecule has 1 fully saturated rings. The third-order valence-corrected chi connectivity index (χ3v) is 5.21. The molecule has 2 aromatic carbocycles. The number of para-hydroxylation sites is 1. The van der Waals surface area contributed by atoms with E-state index < -0.39 is 40.1 Å². The highest BCUT2D eigenvalue weighted by Gasteiger charge is 2.34. The van der Waals surface area contributed by atoms with Crippen molar-refractivity contribution in [3.05, 3.63) is 64.0 Å². The van der Waals surface area contributed by atoms with E-state index in [-0.39, 0.29) is 24.5 Å². The van der Waals surface area contributed by atoms with Crippen LogP contribution in [0.15, 0.2) is 42.5 Å². The number of alkyl halides is 3. The van der Waals surface area contributed by atoms with Crippen molar-refractivity contribution < 1.29 is 27.3 Å². The Bertz CT molecular complexity index is 975. The van der Waals surface area contributed by atoms with Gasteiger partial charge >= 0.3 is 6.18 Å². The number of nitro groups is 1. The molecular weight excluding hydrogens is 420 g/mol. The second-order valence-electron chi connectivity index (χ2n) is 7.13. The van der Waals surface area contributed by atoms with Gasteiger partial charge in [-0.3, -0.25) is 19.8 Å². The van der Waals surface area contributed by atoms with E-state index in [4.69, 9.17) is 0 Å². The molecule has 0 spiro atoms. The molecule has 1 atom stereocenters. The zero-order valence-electron chi connectivity index (χ0n) is 16.5. The van der Waals surface area contributed by atoms with Gasteiger partial charge in [0.25, 0.3) is 5.69 Å². The van der Waals surface area contributed by atoms with E-state index >= 15 is 0 Å². The van der Waals surface area contributed by atoms with Gasteiger partial charge in [-0.15, -0.1) is 0 Å². The second kappa shape index (κ2) is 8.88. The number of hydrogen-bond acceptors (Lipinski definition) is 5. The van der Waals surface area contributed by atoms with Gasteiger partial charge in [-0.1, -0.05) is 12.1 Å². The molecule has 1 N–H and O–H groups in total. The fourth-order valence-corrected chi connectivity index (χ4v) is 3.43. The van der Waals surface area contributed by atoms with Crippen molar-refractivity contribution in [2.24, 2.45) is 0 Å². The smallest absolute Gasteiger partial charge is 0.363 e. The van der Waals surface area contributed by atoms with Crippen molar-refractivity contribution >= 4 is 23.0 Å². The molecule has 0 saturated carbocycles. The monoisotopic (exact) mass is 440 g/mol. The average Bonchev–Trinajstić information content (AvgIpc) is 2.73. The molecule has 7 nitrogen and oxygen atoms in total. The number of carbonyl (C=O) groups excluding carboxylic acids is 1. The topological polar surface area (TPSA) is 78.7 Å². The molecule has 0 aromatic heterocycles. The molecule has 1 amide bonds. The summed E-state index contributed by atoms with van der Waals surface area (Å²) in [6, 6.07) is 7.64. The highest BCUT2D eigenvalue weighted by atomic mass is 19.4. The zero-order valence-corrected chi connectivity index (χ0v) is 16.5. The molecule has 11 heteroatoms. The molecule has 1 heterocycles. The molecular formula is C20H20F4N4O3. The molecule has 0 aliphatic carbocycles. The molecule has 1 saturated heterocycles. The van der Waals surface area contributed by atoms with Gasteiger partial charge in [0.1, 0.15) is 11.5 Å². The summed E-state index contributed by atoms with van der Waals surface area (Å²) < 4.78 is 52.4. The van der Waals surface area contributed by atoms with Crippen LogP contribution in [-0.4, -0.2) is 48.0 Å². The van der Waals surface area contributed by atoms with Crippen LogP contribution in [0.3, 0.4) is 0 Å². The standard InChI is InChI=1S/C20H20F4N4O3/c1-13(19(29)25-16-5-3-2-4-15(16)21)26-8-10-27(11-9-26)17-7-6-14(20(22,23)24)12-18(17)28(30)31/h2-7,12-13H,8-11H2,1H3,(H,25,29). The molecule has 31 heavy (non-hydrogen) atoms. The van der Waals surface area contributed by atoms with Gasteiger partial charge in [0.15, 0.2) is 0 Å². The van der Waals surface area contributed by atoms with Gasteiger partial charge in [0, 0.05) is 32.2 Å². The third-order valence-electron chi connectivity index (χ3n) is 5.21. The average molecular weight is 440 g/mol. The van der Waals surface area contributed by atoms with Gasteiger partial charge in [-0.2, -0.15) is 13.2 Å². The Morgan fingerprint density at radius 2 is 1.77 bits per heavy atom. The fourth-order valence-electron chi connectivity index (χ4n) is 3.43. The van der Waals surface area contributed by atoms with Crippen LogP contribution in [-0.2, 0) is 11.0 Å². The third kappa shape index (κ3) is 5.10. The normalized spacial score (nSPS) is 16.1. The number of nitrogens with zero attached hydrogens (tertiary/aromatic N) is 3. The first-order chi connectivity index (χ1) is 14.6. The number of hydrogen-bond donors (Lipinski definition) is 1. The number of anilines is 2. The van der Waals surface area contributed by atoms with E-state index in [2.05, 4.69) is 5.32 Å². The maximum absolute atomic E-state index is 13.7. The second-order valence-corrected chi connectivity index (χ2v) is 7.13. The Morgan fingerprint density at radius 3 is 2.35 bits per heavy atom. The van der Waals surface area contributed by atoms with Crippen LogP contribution in [0, 0.1) is 15.9 Å². The summed E-state index contributed by atoms with van der Waals surface area (Å²) in [6.45, 7) is 2.92. The molecule has 3 rings (SSSR count). The van der Waals surface area contributed by atoms with Crippen LogP contribution in [0.1, 0.15) is 12.5 Å². The molecule has 0 bridgehead atoms. The summed E-state index contributed by atoms with van der Waals surface area (Å²) in [5.74, 6) is -0.957. The van der Waals surface area contributed by atoms with E-state index in [1.165, 1.54) is 18.2 Å². The van der Waals surface area contributed by atoms with Crippen molar-refractivity contribution in [3.8, 4) is 0 Å². The van der Waals surface area contributed by atoms with E-state index in [0.717, 1.165) is 12.1 Å². The van der Waals surface area contributed by atoms with Crippen molar-refractivity contribution in [2.75, 3.05) is 36.4 Å². The maximum Gasteiger partial charge on any atom is 0.416 e. The Morgan fingerprint density at radius 1 is 1.13 bits per heavy atom. The predicted octanol–water partition coefficient (Wildman–Crippen LogP) is 3.90. The minimum absolute atomic E-state index is 0.0679. The summed E-state index contributed by atoms with van der Waals surface area (Å²) in [4.78, 5) is 26.4. The van der Waals surface area contributed by atoms with Crippen LogP contribution in [0.25, 0.3) is 0 Å². The van der Waals surface area contributed by atoms with E-state index in [1.54, 1.807) is 17.9 Å². The number of benzene rings is 2. The van der Waals surface area contributed by atoms with Crippen LogP contribution in [0.4, 0.5) is 34.6 Å². The van der Waals surface area contributed by atoms with Crippen LogP contribution in [0.2, 0.25) is 0 Å². The summed E-state index contributed by atoms with van der Waals surface area (Å²) in [7, 11) is 0. The zero-order chi connectivity index (χ0) is 22.8. The number of piperazine rings is 1. The van der Waals surface area contributed by atoms with E-state index in [9.17, 15) is 32.5 Å². The van der Waals surface area contributed by atoms with Crippen molar-refractivity contribution in [1.82, 2.24) is 4.90 Å². The van der Waals surface area contributed by atoms with Gasteiger partial charge in [0.2, 0.25) is 5.91 Å². The molecule has 1 aliphatic rings. The molecule has 1 aliphatic heterocycles. The maximum atomic E-state index is 13.7. The quantitative estimate of drug-likeness (QED) is 0.434. The molecule has 2 aromatic rings. The SMILES string of the molecule is CC(C(=O)Nc1ccccc1F)N1CCN(c2ccc(C(F)(F)F)cc2[N+](=O)[O-])CC1. The Kier molecular flexibility index (Phi) is 6.44. The Balaban J connectivity index is 1.67. The lowest BCUT2D eigenvalue weighted by atomic mass is 10.1. The lowest BCUT2D eigenvalue weighted by molar-refractivity contribution is -0.384. The summed E-state index contributed by atoms with van der Waals surface area (Å²) >= 11 is 0. The first-order valence-corrected chi connectivity index (χ1v) is 9.48. The number of rotatable bonds is 5. The van der Waals surface area contributed by atoms with Gasteiger partial charge in [-0.05, 0) is 31.2 Å². The number of nitro benzene ring substituents is 1. The van der Waals surface area contributed by atoms with Gasteiger partial charge in [-0.25, -0.2) is 4.39 Å². The fraction of sp³-hybridized carbons (Fsp3) is 0.350. The van der Waals surface area contributed by atoms with Gasteiger partial charge < -0.3 is 10.2 Å². The number of nitrogens with one attached hydrogen (secondary N) is 1. The number of amides is 1. The summed E-state index contributed by atoms with van der Waals surface area (Å²) in [5.41, 5.74) is -1.53. The lowest BCUT2D eigenvalue weighted by Gasteiger charge is -2.38. The highest BCUT2D eigenvalue weighted by molar-refractivity contribution is 5.94. The largest absolute Gasteiger partial charge is 0.416 e.